The molecule has 0 saturated heterocycles. The first-order chi connectivity index (χ1) is 8.45. The van der Waals surface area contributed by atoms with Crippen molar-refractivity contribution in [2.24, 2.45) is 5.73 Å². The third-order valence-corrected chi connectivity index (χ3v) is 2.03. The van der Waals surface area contributed by atoms with Crippen LogP contribution in [0.25, 0.3) is 0 Å². The molecule has 0 saturated carbocycles. The molecule has 3 amide bonds. The number of primary amides is 1. The van der Waals surface area contributed by atoms with Gasteiger partial charge in [0, 0.05) is 12.6 Å². The molecule has 5 N–H and O–H groups in total. The van der Waals surface area contributed by atoms with Crippen LogP contribution in [-0.2, 0) is 14.3 Å². The number of aliphatic carboxylic acids is 1. The first-order valence-corrected chi connectivity index (χ1v) is 5.57. The van der Waals surface area contributed by atoms with Gasteiger partial charge in [-0.15, -0.1) is 0 Å². The molecule has 1 atom stereocenters. The number of rotatable bonds is 9. The van der Waals surface area contributed by atoms with E-state index in [4.69, 9.17) is 15.6 Å². The summed E-state index contributed by atoms with van der Waals surface area (Å²) in [6, 6.07) is -0.875. The molecular formula is C10H19N3O5. The molecule has 18 heavy (non-hydrogen) atoms. The van der Waals surface area contributed by atoms with Crippen LogP contribution in [0.3, 0.4) is 0 Å². The number of ether oxygens (including phenoxy) is 1. The molecule has 0 rings (SSSR count). The van der Waals surface area contributed by atoms with E-state index in [1.807, 2.05) is 0 Å². The molecule has 0 aromatic rings. The topological polar surface area (TPSA) is 131 Å². The van der Waals surface area contributed by atoms with Gasteiger partial charge in [0.05, 0.1) is 13.0 Å². The van der Waals surface area contributed by atoms with Crippen LogP contribution in [0.1, 0.15) is 19.8 Å². The Labute approximate surface area is 105 Å². The first kappa shape index (κ1) is 16.2. The summed E-state index contributed by atoms with van der Waals surface area (Å²) in [5.41, 5.74) is 4.85. The lowest BCUT2D eigenvalue weighted by atomic mass is 10.1. The number of carboxylic acid groups (broad SMARTS) is 1. The molecule has 1 unspecified atom stereocenters. The third-order valence-electron chi connectivity index (χ3n) is 2.03. The standard InChI is InChI=1S/C10H19N3O5/c1-2-7(5-9(15)16)13-10(17)12-3-4-18-6-8(11)14/h7H,2-6H2,1H3,(H2,11,14)(H,15,16)(H2,12,13,17). The van der Waals surface area contributed by atoms with Crippen LogP contribution < -0.4 is 16.4 Å². The zero-order chi connectivity index (χ0) is 14.0. The molecule has 0 aliphatic heterocycles. The van der Waals surface area contributed by atoms with Crippen LogP contribution in [0, 0.1) is 0 Å². The molecule has 0 spiro atoms. The van der Waals surface area contributed by atoms with Crippen molar-refractivity contribution in [1.29, 1.82) is 0 Å². The Kier molecular flexibility index (Phi) is 8.29. The highest BCUT2D eigenvalue weighted by atomic mass is 16.5. The van der Waals surface area contributed by atoms with Gasteiger partial charge in [-0.2, -0.15) is 0 Å². The molecule has 0 heterocycles. The zero-order valence-corrected chi connectivity index (χ0v) is 10.3. The second kappa shape index (κ2) is 9.23. The SMILES string of the molecule is CCC(CC(=O)O)NC(=O)NCCOCC(N)=O. The van der Waals surface area contributed by atoms with Gasteiger partial charge in [0.1, 0.15) is 6.61 Å². The lowest BCUT2D eigenvalue weighted by molar-refractivity contribution is -0.137. The lowest BCUT2D eigenvalue weighted by Gasteiger charge is -2.15. The average Bonchev–Trinajstić information content (AvgIpc) is 2.26. The summed E-state index contributed by atoms with van der Waals surface area (Å²) in [5.74, 6) is -1.54. The Bertz CT molecular complexity index is 295. The van der Waals surface area contributed by atoms with Crippen molar-refractivity contribution in [1.82, 2.24) is 10.6 Å². The lowest BCUT2D eigenvalue weighted by Crippen LogP contribution is -2.43. The molecule has 0 bridgehead atoms. The minimum Gasteiger partial charge on any atom is -0.481 e. The van der Waals surface area contributed by atoms with E-state index in [0.717, 1.165) is 0 Å². The predicted molar refractivity (Wildman–Crippen MR) is 62.9 cm³/mol. The summed E-state index contributed by atoms with van der Waals surface area (Å²) < 4.78 is 4.83. The van der Waals surface area contributed by atoms with Crippen molar-refractivity contribution in [2.75, 3.05) is 19.8 Å². The van der Waals surface area contributed by atoms with Crippen LogP contribution in [0.4, 0.5) is 4.79 Å². The summed E-state index contributed by atoms with van der Waals surface area (Å²) in [4.78, 5) is 32.1. The van der Waals surface area contributed by atoms with E-state index >= 15 is 0 Å². The minimum absolute atomic E-state index is 0.123. The molecule has 8 nitrogen and oxygen atoms in total. The monoisotopic (exact) mass is 261 g/mol. The van der Waals surface area contributed by atoms with Gasteiger partial charge in [-0.05, 0) is 6.42 Å². The van der Waals surface area contributed by atoms with Crippen LogP contribution in [0.2, 0.25) is 0 Å². The number of hydrogen-bond donors (Lipinski definition) is 4. The maximum Gasteiger partial charge on any atom is 0.315 e. The van der Waals surface area contributed by atoms with E-state index in [1.54, 1.807) is 6.92 Å². The van der Waals surface area contributed by atoms with Crippen LogP contribution in [0.5, 0.6) is 0 Å². The normalized spacial score (nSPS) is 11.6. The zero-order valence-electron chi connectivity index (χ0n) is 10.3. The molecule has 0 aliphatic rings. The average molecular weight is 261 g/mol. The van der Waals surface area contributed by atoms with E-state index < -0.39 is 23.9 Å². The van der Waals surface area contributed by atoms with Crippen LogP contribution >= 0.6 is 0 Å². The smallest absolute Gasteiger partial charge is 0.315 e. The summed E-state index contributed by atoms with van der Waals surface area (Å²) in [5, 5.41) is 13.6. The Hall–Kier alpha value is -1.83. The first-order valence-electron chi connectivity index (χ1n) is 5.57. The van der Waals surface area contributed by atoms with Crippen molar-refractivity contribution < 1.29 is 24.2 Å². The maximum atomic E-state index is 11.3. The Balaban J connectivity index is 3.68. The number of nitrogens with two attached hydrogens (primary N) is 1. The highest BCUT2D eigenvalue weighted by Crippen LogP contribution is 1.96. The molecule has 0 aromatic heterocycles. The van der Waals surface area contributed by atoms with Crippen LogP contribution in [0.15, 0.2) is 0 Å². The number of nitrogens with one attached hydrogen (secondary N) is 2. The number of amides is 3. The van der Waals surface area contributed by atoms with Gasteiger partial charge in [0.25, 0.3) is 0 Å². The molecule has 104 valence electrons. The van der Waals surface area contributed by atoms with E-state index in [1.165, 1.54) is 0 Å². The second-order valence-corrected chi connectivity index (χ2v) is 3.62. The van der Waals surface area contributed by atoms with E-state index in [0.29, 0.717) is 6.42 Å². The summed E-state index contributed by atoms with van der Waals surface area (Å²) in [6.07, 6.45) is 0.403. The molecule has 8 heteroatoms. The summed E-state index contributed by atoms with van der Waals surface area (Å²) in [6.45, 7) is 1.96. The van der Waals surface area contributed by atoms with Gasteiger partial charge in [-0.25, -0.2) is 4.79 Å². The third kappa shape index (κ3) is 9.40. The fraction of sp³-hybridized carbons (Fsp3) is 0.700. The molecule has 0 fully saturated rings. The number of hydrogen-bond acceptors (Lipinski definition) is 4. The molecule has 0 radical (unpaired) electrons. The Morgan fingerprint density at radius 1 is 1.39 bits per heavy atom. The fourth-order valence-electron chi connectivity index (χ4n) is 1.15. The highest BCUT2D eigenvalue weighted by Gasteiger charge is 2.13. The van der Waals surface area contributed by atoms with Gasteiger partial charge in [0.2, 0.25) is 5.91 Å². The largest absolute Gasteiger partial charge is 0.481 e. The maximum absolute atomic E-state index is 11.3. The quantitative estimate of drug-likeness (QED) is 0.397. The van der Waals surface area contributed by atoms with E-state index in [-0.39, 0.29) is 26.2 Å². The second-order valence-electron chi connectivity index (χ2n) is 3.62. The summed E-state index contributed by atoms with van der Waals surface area (Å²) in [7, 11) is 0. The molecular weight excluding hydrogens is 242 g/mol. The Morgan fingerprint density at radius 3 is 2.56 bits per heavy atom. The number of carbonyl (C=O) groups is 3. The van der Waals surface area contributed by atoms with Gasteiger partial charge >= 0.3 is 12.0 Å². The van der Waals surface area contributed by atoms with Gasteiger partial charge in [-0.3, -0.25) is 9.59 Å². The van der Waals surface area contributed by atoms with Gasteiger partial charge in [0.15, 0.2) is 0 Å². The van der Waals surface area contributed by atoms with Crippen LogP contribution in [-0.4, -0.2) is 48.8 Å². The van der Waals surface area contributed by atoms with Crippen molar-refractivity contribution in [3.63, 3.8) is 0 Å². The summed E-state index contributed by atoms with van der Waals surface area (Å²) >= 11 is 0. The van der Waals surface area contributed by atoms with Crippen molar-refractivity contribution in [3.05, 3.63) is 0 Å². The molecule has 0 aromatic carbocycles. The Morgan fingerprint density at radius 2 is 2.06 bits per heavy atom. The van der Waals surface area contributed by atoms with Gasteiger partial charge in [-0.1, -0.05) is 6.92 Å². The molecule has 0 aliphatic carbocycles. The highest BCUT2D eigenvalue weighted by molar-refractivity contribution is 5.76. The fourth-order valence-corrected chi connectivity index (χ4v) is 1.15. The van der Waals surface area contributed by atoms with Gasteiger partial charge < -0.3 is 26.2 Å². The van der Waals surface area contributed by atoms with E-state index in [2.05, 4.69) is 10.6 Å². The minimum atomic E-state index is -0.966. The van der Waals surface area contributed by atoms with Crippen molar-refractivity contribution in [2.45, 2.75) is 25.8 Å². The van der Waals surface area contributed by atoms with Crippen molar-refractivity contribution >= 4 is 17.9 Å². The van der Waals surface area contributed by atoms with Crippen molar-refractivity contribution in [3.8, 4) is 0 Å². The number of urea groups is 1. The number of carbonyl (C=O) groups excluding carboxylic acids is 2. The number of carboxylic acids is 1. The predicted octanol–water partition coefficient (Wildman–Crippen LogP) is -0.959. The van der Waals surface area contributed by atoms with E-state index in [9.17, 15) is 14.4 Å².